The van der Waals surface area contributed by atoms with Crippen LogP contribution in [0.1, 0.15) is 0 Å². The molecule has 1 atom stereocenters. The molecule has 1 aromatic carbocycles. The second-order valence-corrected chi connectivity index (χ2v) is 7.11. The predicted octanol–water partition coefficient (Wildman–Crippen LogP) is 2.91. The zero-order chi connectivity index (χ0) is 16.2. The fourth-order valence-corrected chi connectivity index (χ4v) is 4.39. The monoisotopic (exact) mass is 358 g/mol. The van der Waals surface area contributed by atoms with Crippen molar-refractivity contribution in [2.24, 2.45) is 4.99 Å². The number of carbonyl (C=O) groups is 1. The second kappa shape index (κ2) is 4.84. The molecule has 1 aromatic heterocycles. The van der Waals surface area contributed by atoms with E-state index in [4.69, 9.17) is 0 Å². The molecule has 2 aromatic rings. The Balaban J connectivity index is 1.78. The third-order valence-corrected chi connectivity index (χ3v) is 5.50. The number of rotatable bonds is 2. The van der Waals surface area contributed by atoms with Gasteiger partial charge in [0.2, 0.25) is 0 Å². The molecule has 1 fully saturated rings. The highest BCUT2D eigenvalue weighted by Crippen LogP contribution is 2.43. The molecule has 0 radical (unpaired) electrons. The van der Waals surface area contributed by atoms with Crippen molar-refractivity contribution in [3.63, 3.8) is 0 Å². The van der Waals surface area contributed by atoms with Gasteiger partial charge in [-0.3, -0.25) is 9.69 Å². The number of hydrogen-bond donors (Lipinski definition) is 1. The van der Waals surface area contributed by atoms with E-state index in [9.17, 15) is 18.0 Å². The van der Waals surface area contributed by atoms with Gasteiger partial charge in [0.25, 0.3) is 5.91 Å². The number of aromatic nitrogens is 1. The van der Waals surface area contributed by atoms with Gasteiger partial charge in [-0.2, -0.15) is 13.2 Å². The number of benzene rings is 1. The zero-order valence-electron chi connectivity index (χ0n) is 11.4. The van der Waals surface area contributed by atoms with Crippen molar-refractivity contribution >= 4 is 49.5 Å². The maximum atomic E-state index is 13.7. The first-order chi connectivity index (χ1) is 10.9. The number of alkyl halides is 3. The minimum Gasteiger partial charge on any atom is -0.322 e. The molecular formula is C13H9F3N4OS2. The molecule has 5 nitrogen and oxygen atoms in total. The SMILES string of the molecule is O=C1N2CCSC2=NC1(Nc1nc2ccccc2s1)C(F)(F)F. The van der Waals surface area contributed by atoms with Gasteiger partial charge in [-0.15, -0.1) is 0 Å². The number of para-hydroxylation sites is 1. The number of nitrogens with one attached hydrogen (secondary N) is 1. The highest BCUT2D eigenvalue weighted by atomic mass is 32.2. The number of hydrogen-bond acceptors (Lipinski definition) is 6. The number of amides is 1. The van der Waals surface area contributed by atoms with Crippen LogP contribution in [0.5, 0.6) is 0 Å². The lowest BCUT2D eigenvalue weighted by Gasteiger charge is -2.28. The van der Waals surface area contributed by atoms with Gasteiger partial charge < -0.3 is 5.32 Å². The standard InChI is InChI=1S/C13H9F3N4OS2/c14-13(15,16)12(9(21)20-5-6-22-11(20)19-12)18-10-17-7-3-1-2-4-8(7)23-10/h1-4H,5-6H2,(H,17,18). The average molecular weight is 358 g/mol. The van der Waals surface area contributed by atoms with Crippen LogP contribution in [0.15, 0.2) is 29.3 Å². The summed E-state index contributed by atoms with van der Waals surface area (Å²) >= 11 is 2.21. The Morgan fingerprint density at radius 3 is 2.78 bits per heavy atom. The van der Waals surface area contributed by atoms with E-state index in [-0.39, 0.29) is 16.8 Å². The van der Waals surface area contributed by atoms with Crippen LogP contribution in [0, 0.1) is 0 Å². The quantitative estimate of drug-likeness (QED) is 0.897. The van der Waals surface area contributed by atoms with Crippen LogP contribution in [0.2, 0.25) is 0 Å². The largest absolute Gasteiger partial charge is 0.442 e. The van der Waals surface area contributed by atoms with Crippen molar-refractivity contribution in [3.05, 3.63) is 24.3 Å². The van der Waals surface area contributed by atoms with E-state index in [1.165, 1.54) is 0 Å². The number of thiazole rings is 1. The lowest BCUT2D eigenvalue weighted by molar-refractivity contribution is -0.185. The van der Waals surface area contributed by atoms with E-state index < -0.39 is 17.7 Å². The third-order valence-electron chi connectivity index (χ3n) is 3.59. The summed E-state index contributed by atoms with van der Waals surface area (Å²) in [6, 6.07) is 6.99. The lowest BCUT2D eigenvalue weighted by Crippen LogP contribution is -2.57. The van der Waals surface area contributed by atoms with Gasteiger partial charge in [0.05, 0.1) is 10.2 Å². The summed E-state index contributed by atoms with van der Waals surface area (Å²) in [5, 5.41) is 2.39. The van der Waals surface area contributed by atoms with Crippen LogP contribution in [0.3, 0.4) is 0 Å². The van der Waals surface area contributed by atoms with Crippen LogP contribution in [-0.4, -0.2) is 45.1 Å². The molecule has 0 bridgehead atoms. The van der Waals surface area contributed by atoms with E-state index >= 15 is 0 Å². The fraction of sp³-hybridized carbons (Fsp3) is 0.308. The normalized spacial score (nSPS) is 24.2. The van der Waals surface area contributed by atoms with E-state index in [0.29, 0.717) is 11.3 Å². The Morgan fingerprint density at radius 1 is 1.30 bits per heavy atom. The molecule has 2 aliphatic heterocycles. The summed E-state index contributed by atoms with van der Waals surface area (Å²) in [5.41, 5.74) is -2.41. The van der Waals surface area contributed by atoms with Crippen LogP contribution in [-0.2, 0) is 4.79 Å². The third kappa shape index (κ3) is 2.12. The van der Waals surface area contributed by atoms with E-state index in [0.717, 1.165) is 32.7 Å². The molecule has 0 spiro atoms. The molecule has 3 heterocycles. The molecule has 0 saturated carbocycles. The number of carbonyl (C=O) groups excluding carboxylic acids is 1. The first-order valence-electron chi connectivity index (χ1n) is 6.66. The number of thioether (sulfide) groups is 1. The summed E-state index contributed by atoms with van der Waals surface area (Å²) in [5.74, 6) is -0.538. The molecule has 1 N–H and O–H groups in total. The molecule has 4 rings (SSSR count). The van der Waals surface area contributed by atoms with Gasteiger partial charge >= 0.3 is 11.8 Å². The summed E-state index contributed by atoms with van der Waals surface area (Å²) < 4.78 is 41.7. The molecule has 1 unspecified atom stereocenters. The van der Waals surface area contributed by atoms with Gasteiger partial charge in [0, 0.05) is 12.3 Å². The Bertz CT molecular complexity index is 801. The molecule has 120 valence electrons. The molecule has 10 heteroatoms. The van der Waals surface area contributed by atoms with Gasteiger partial charge in [-0.1, -0.05) is 35.2 Å². The van der Waals surface area contributed by atoms with E-state index in [1.54, 1.807) is 24.3 Å². The molecule has 1 saturated heterocycles. The molecule has 2 aliphatic rings. The summed E-state index contributed by atoms with van der Waals surface area (Å²) in [7, 11) is 0. The van der Waals surface area contributed by atoms with Crippen molar-refractivity contribution in [3.8, 4) is 0 Å². The summed E-state index contributed by atoms with van der Waals surface area (Å²) in [4.78, 5) is 21.3. The Hall–Kier alpha value is -1.81. The highest BCUT2D eigenvalue weighted by Gasteiger charge is 2.67. The first kappa shape index (κ1) is 14.8. The van der Waals surface area contributed by atoms with Crippen molar-refractivity contribution in [1.29, 1.82) is 0 Å². The highest BCUT2D eigenvalue weighted by molar-refractivity contribution is 8.14. The van der Waals surface area contributed by atoms with E-state index in [2.05, 4.69) is 15.3 Å². The molecule has 23 heavy (non-hydrogen) atoms. The number of nitrogens with zero attached hydrogens (tertiary/aromatic N) is 3. The summed E-state index contributed by atoms with van der Waals surface area (Å²) in [6.07, 6.45) is -4.86. The summed E-state index contributed by atoms with van der Waals surface area (Å²) in [6.45, 7) is 0.238. The van der Waals surface area contributed by atoms with Crippen molar-refractivity contribution in [2.75, 3.05) is 17.6 Å². The van der Waals surface area contributed by atoms with Crippen molar-refractivity contribution in [2.45, 2.75) is 11.8 Å². The van der Waals surface area contributed by atoms with Crippen molar-refractivity contribution < 1.29 is 18.0 Å². The molecule has 0 aliphatic carbocycles. The number of fused-ring (bicyclic) bond motifs is 2. The molecule has 1 amide bonds. The van der Waals surface area contributed by atoms with Crippen LogP contribution >= 0.6 is 23.1 Å². The van der Waals surface area contributed by atoms with Crippen molar-refractivity contribution in [1.82, 2.24) is 9.88 Å². The van der Waals surface area contributed by atoms with Crippen LogP contribution in [0.4, 0.5) is 18.3 Å². The minimum atomic E-state index is -4.86. The number of aliphatic imine (C=N–C) groups is 1. The topological polar surface area (TPSA) is 57.6 Å². The smallest absolute Gasteiger partial charge is 0.322 e. The van der Waals surface area contributed by atoms with Crippen LogP contribution < -0.4 is 5.32 Å². The lowest BCUT2D eigenvalue weighted by atomic mass is 10.1. The minimum absolute atomic E-state index is 0.0207. The Kier molecular flexibility index (Phi) is 3.11. The number of amidine groups is 1. The maximum absolute atomic E-state index is 13.7. The maximum Gasteiger partial charge on any atom is 0.442 e. The second-order valence-electron chi connectivity index (χ2n) is 5.02. The predicted molar refractivity (Wildman–Crippen MR) is 83.6 cm³/mol. The number of anilines is 1. The van der Waals surface area contributed by atoms with Gasteiger partial charge in [-0.05, 0) is 12.1 Å². The number of halogens is 3. The Morgan fingerprint density at radius 2 is 2.09 bits per heavy atom. The zero-order valence-corrected chi connectivity index (χ0v) is 13.1. The average Bonchev–Trinajstić information content (AvgIpc) is 3.14. The first-order valence-corrected chi connectivity index (χ1v) is 8.46. The van der Waals surface area contributed by atoms with E-state index in [1.807, 2.05) is 0 Å². The van der Waals surface area contributed by atoms with Gasteiger partial charge in [-0.25, -0.2) is 9.98 Å². The Labute approximate surface area is 136 Å². The van der Waals surface area contributed by atoms with Gasteiger partial charge in [0.15, 0.2) is 10.3 Å². The van der Waals surface area contributed by atoms with Crippen LogP contribution in [0.25, 0.3) is 10.2 Å². The fourth-order valence-electron chi connectivity index (χ4n) is 2.49. The molecular weight excluding hydrogens is 349 g/mol. The van der Waals surface area contributed by atoms with Gasteiger partial charge in [0.1, 0.15) is 0 Å².